The highest BCUT2D eigenvalue weighted by Gasteiger charge is 2.51. The van der Waals surface area contributed by atoms with Crippen molar-refractivity contribution >= 4 is 50.8 Å². The minimum Gasteiger partial charge on any atom is -0.463 e. The molecule has 12 nitrogen and oxygen atoms in total. The van der Waals surface area contributed by atoms with Gasteiger partial charge >= 0.3 is 23.9 Å². The second-order valence-electron chi connectivity index (χ2n) is 8.37. The Kier molecular flexibility index (Phi) is 8.97. The van der Waals surface area contributed by atoms with Crippen LogP contribution in [0, 0.1) is 0 Å². The molecule has 212 valence electrons. The molecule has 0 saturated carbocycles. The quantitative estimate of drug-likeness (QED) is 0.157. The summed E-state index contributed by atoms with van der Waals surface area (Å²) in [6.45, 7) is -0.875. The van der Waals surface area contributed by atoms with Gasteiger partial charge in [0.05, 0.1) is 5.39 Å². The third-order valence-corrected chi connectivity index (χ3v) is 6.02. The zero-order chi connectivity index (χ0) is 30.8. The van der Waals surface area contributed by atoms with Crippen molar-refractivity contribution in [1.82, 2.24) is 0 Å². The topological polar surface area (TPSA) is 154 Å². The summed E-state index contributed by atoms with van der Waals surface area (Å²) in [7, 11) is 0. The Balaban J connectivity index is 2.03. The highest BCUT2D eigenvalue weighted by Crippen LogP contribution is 2.39. The number of hydrogen-bond acceptors (Lipinski definition) is 12. The number of benzene rings is 1. The molecular formula is C26H29BrO12. The number of hydrogen-bond donors (Lipinski definition) is 0. The van der Waals surface area contributed by atoms with E-state index in [9.17, 15) is 24.0 Å². The molecule has 0 radical (unpaired) electrons. The lowest BCUT2D eigenvalue weighted by Gasteiger charge is -2.24. The summed E-state index contributed by atoms with van der Waals surface area (Å²) in [6, 6.07) is 2.64. The summed E-state index contributed by atoms with van der Waals surface area (Å²) in [5, 5.41) is 0.0556. The van der Waals surface area contributed by atoms with Crippen LogP contribution in [0.4, 0.5) is 0 Å². The van der Waals surface area contributed by atoms with Crippen molar-refractivity contribution in [2.75, 3.05) is 6.61 Å². The molecule has 1 aromatic carbocycles. The van der Waals surface area contributed by atoms with Gasteiger partial charge in [-0.2, -0.15) is 0 Å². The number of esters is 4. The van der Waals surface area contributed by atoms with Crippen LogP contribution in [-0.2, 0) is 38.1 Å². The second kappa shape index (κ2) is 13.6. The van der Waals surface area contributed by atoms with E-state index in [1.165, 1.54) is 12.1 Å². The molecule has 39 heavy (non-hydrogen) atoms. The van der Waals surface area contributed by atoms with Gasteiger partial charge in [0.1, 0.15) is 23.4 Å². The first-order valence-electron chi connectivity index (χ1n) is 13.9. The molecule has 13 heteroatoms. The smallest absolute Gasteiger partial charge is 0.311 e. The van der Waals surface area contributed by atoms with Crippen LogP contribution in [0.25, 0.3) is 11.0 Å². The number of fused-ring (bicyclic) bond motifs is 1. The summed E-state index contributed by atoms with van der Waals surface area (Å²) in [5.74, 6) is -4.06. The molecule has 0 aliphatic carbocycles. The first kappa shape index (κ1) is 25.8. The van der Waals surface area contributed by atoms with Gasteiger partial charge in [-0.3, -0.25) is 24.0 Å². The molecule has 1 fully saturated rings. The summed E-state index contributed by atoms with van der Waals surface area (Å²) in [5.41, 5.74) is -0.579. The van der Waals surface area contributed by atoms with Crippen LogP contribution in [-0.4, -0.2) is 55.1 Å². The summed E-state index contributed by atoms with van der Waals surface area (Å²) >= 11 is 3.10. The first-order chi connectivity index (χ1) is 20.1. The van der Waals surface area contributed by atoms with E-state index in [0.29, 0.717) is 6.42 Å². The van der Waals surface area contributed by atoms with Crippen LogP contribution in [0.1, 0.15) is 57.4 Å². The maximum absolute atomic E-state index is 12.7. The minimum atomic E-state index is -1.58. The number of rotatable bonds is 11. The molecule has 0 amide bonds. The van der Waals surface area contributed by atoms with Crippen molar-refractivity contribution < 1.29 is 56.1 Å². The van der Waals surface area contributed by atoms with Crippen molar-refractivity contribution in [3.05, 3.63) is 33.1 Å². The van der Waals surface area contributed by atoms with Crippen LogP contribution in [0.2, 0.25) is 0 Å². The van der Waals surface area contributed by atoms with E-state index >= 15 is 0 Å². The van der Waals surface area contributed by atoms with Crippen molar-refractivity contribution in [2.24, 2.45) is 0 Å². The summed E-state index contributed by atoms with van der Waals surface area (Å²) in [4.78, 5) is 61.2. The van der Waals surface area contributed by atoms with Gasteiger partial charge in [0.2, 0.25) is 23.6 Å². The van der Waals surface area contributed by atoms with Crippen molar-refractivity contribution in [3.63, 3.8) is 0 Å². The van der Waals surface area contributed by atoms with E-state index in [1.54, 1.807) is 0 Å². The minimum absolute atomic E-state index is 0.0556. The number of ether oxygens (including phenoxy) is 6. The van der Waals surface area contributed by atoms with Crippen molar-refractivity contribution in [1.29, 1.82) is 0 Å². The molecule has 1 aliphatic rings. The zero-order valence-corrected chi connectivity index (χ0v) is 22.6. The van der Waals surface area contributed by atoms with Gasteiger partial charge in [-0.15, -0.1) is 0 Å². The van der Waals surface area contributed by atoms with Crippen molar-refractivity contribution in [2.45, 2.75) is 77.9 Å². The number of unbranched alkanes of at least 4 members (excludes halogenated alkanes) is 2. The molecule has 2 aromatic rings. The van der Waals surface area contributed by atoms with E-state index in [1.807, 2.05) is 6.92 Å². The number of halogens is 1. The molecule has 0 bridgehead atoms. The Morgan fingerprint density at radius 2 is 1.74 bits per heavy atom. The fourth-order valence-corrected chi connectivity index (χ4v) is 4.11. The lowest BCUT2D eigenvalue weighted by atomic mass is 10.1. The van der Waals surface area contributed by atoms with E-state index in [2.05, 4.69) is 15.9 Å². The van der Waals surface area contributed by atoms with Gasteiger partial charge in [0, 0.05) is 31.2 Å². The average molecular weight is 616 g/mol. The maximum atomic E-state index is 12.7. The molecule has 1 saturated heterocycles. The molecule has 0 spiro atoms. The monoisotopic (exact) mass is 615 g/mol. The lowest BCUT2D eigenvalue weighted by molar-refractivity contribution is -0.170. The molecule has 1 aromatic heterocycles. The second-order valence-corrected chi connectivity index (χ2v) is 9.22. The van der Waals surface area contributed by atoms with Crippen molar-refractivity contribution in [3.8, 4) is 11.5 Å². The largest absolute Gasteiger partial charge is 0.463 e. The molecular weight excluding hydrogens is 584 g/mol. The third kappa shape index (κ3) is 7.79. The molecule has 0 N–H and O–H groups in total. The van der Waals surface area contributed by atoms with Crippen LogP contribution in [0.5, 0.6) is 11.5 Å². The summed E-state index contributed by atoms with van der Waals surface area (Å²) < 4.78 is 60.3. The predicted molar refractivity (Wildman–Crippen MR) is 137 cm³/mol. The maximum Gasteiger partial charge on any atom is 0.311 e. The summed E-state index contributed by atoms with van der Waals surface area (Å²) in [6.07, 6.45) is -2.48. The zero-order valence-electron chi connectivity index (χ0n) is 24.0. The first-order valence-corrected chi connectivity index (χ1v) is 12.6. The Labute approximate surface area is 236 Å². The average Bonchev–Trinajstić information content (AvgIpc) is 3.29. The van der Waals surface area contributed by atoms with Gasteiger partial charge in [-0.05, 0) is 34.5 Å². The lowest BCUT2D eigenvalue weighted by Crippen LogP contribution is -2.42. The van der Waals surface area contributed by atoms with E-state index in [0.717, 1.165) is 19.1 Å². The predicted octanol–water partition coefficient (Wildman–Crippen LogP) is 3.57. The molecule has 2 heterocycles. The molecule has 1 unspecified atom stereocenters. The van der Waals surface area contributed by atoms with Crippen LogP contribution in [0.15, 0.2) is 32.1 Å². The fourth-order valence-electron chi connectivity index (χ4n) is 3.80. The van der Waals surface area contributed by atoms with Crippen LogP contribution in [0.3, 0.4) is 0 Å². The Morgan fingerprint density at radius 1 is 1.03 bits per heavy atom. The third-order valence-electron chi connectivity index (χ3n) is 5.47. The SMILES string of the molecule is [2H]CC(=O)OC[C@H]1OC(Oc2ccc3c(=O)c(Br)coc3c2OC(=O)CCCCC)[C@@H](OC(=O)C[2H])[C@@H]1OC(=O)C[2H]. The van der Waals surface area contributed by atoms with Gasteiger partial charge in [-0.25, -0.2) is 0 Å². The Hall–Kier alpha value is -3.45. The standard InChI is InChI=1S/C26H29BrO12/c1-5-6-7-8-20(31)39-23-18(10-9-16-21(32)17(27)11-34-22(16)23)37-26-25(36-15(4)30)24(35-14(3)29)19(38-26)12-33-13(2)28/h9-11,19,24-26H,5-8,12H2,1-4H3/t19-,24-,25+,26?/m1/s1/i2D,3D,4D. The number of carbonyl (C=O) groups excluding carboxylic acids is 4. The van der Waals surface area contributed by atoms with E-state index in [4.69, 9.17) is 37.0 Å². The Morgan fingerprint density at radius 3 is 2.44 bits per heavy atom. The van der Waals surface area contributed by atoms with Crippen LogP contribution >= 0.6 is 15.9 Å². The molecule has 1 aliphatic heterocycles. The molecule has 4 atom stereocenters. The van der Waals surface area contributed by atoms with E-state index < -0.39 is 81.2 Å². The normalized spacial score (nSPS) is 21.3. The fraction of sp³-hybridized carbons (Fsp3) is 0.500. The van der Waals surface area contributed by atoms with Gasteiger partial charge < -0.3 is 32.8 Å². The van der Waals surface area contributed by atoms with Crippen LogP contribution < -0.4 is 14.9 Å². The highest BCUT2D eigenvalue weighted by molar-refractivity contribution is 9.10. The van der Waals surface area contributed by atoms with Gasteiger partial charge in [0.15, 0.2) is 17.4 Å². The number of carbonyl (C=O) groups is 4. The van der Waals surface area contributed by atoms with E-state index in [-0.39, 0.29) is 33.4 Å². The van der Waals surface area contributed by atoms with Gasteiger partial charge in [0.25, 0.3) is 0 Å². The highest BCUT2D eigenvalue weighted by atomic mass is 79.9. The van der Waals surface area contributed by atoms with Gasteiger partial charge in [-0.1, -0.05) is 19.8 Å². The molecule has 3 rings (SSSR count). The Bertz CT molecular complexity index is 1350.